The van der Waals surface area contributed by atoms with Gasteiger partial charge in [-0.25, -0.2) is 0 Å². The molecule has 1 N–H and O–H groups in total. The third kappa shape index (κ3) is 7.64. The first-order valence-electron chi connectivity index (χ1n) is 8.23. The van der Waals surface area contributed by atoms with Crippen molar-refractivity contribution in [1.29, 1.82) is 0 Å². The molecule has 22 heavy (non-hydrogen) atoms. The van der Waals surface area contributed by atoms with Crippen LogP contribution in [-0.2, 0) is 14.3 Å². The minimum atomic E-state index is -0.115. The summed E-state index contributed by atoms with van der Waals surface area (Å²) in [6.07, 6.45) is 5.83. The Morgan fingerprint density at radius 1 is 1.36 bits per heavy atom. The van der Waals surface area contributed by atoms with E-state index in [2.05, 4.69) is 27.0 Å². The zero-order valence-corrected chi connectivity index (χ0v) is 14.3. The van der Waals surface area contributed by atoms with Gasteiger partial charge in [-0.1, -0.05) is 12.8 Å². The first kappa shape index (κ1) is 18.7. The molecular weight excluding hydrogens is 282 g/mol. The van der Waals surface area contributed by atoms with Crippen molar-refractivity contribution < 1.29 is 14.3 Å². The molecule has 1 atom stereocenters. The number of nitrogens with one attached hydrogen (secondary N) is 1. The molecule has 1 saturated heterocycles. The fourth-order valence-electron chi connectivity index (χ4n) is 2.64. The maximum absolute atomic E-state index is 11.0. The van der Waals surface area contributed by atoms with Gasteiger partial charge in [-0.3, -0.25) is 9.79 Å². The van der Waals surface area contributed by atoms with Crippen LogP contribution >= 0.6 is 0 Å². The normalized spacial score (nSPS) is 18.3. The second-order valence-electron chi connectivity index (χ2n) is 5.82. The van der Waals surface area contributed by atoms with Crippen LogP contribution in [0.15, 0.2) is 4.99 Å². The molecule has 1 heterocycles. The average Bonchev–Trinajstić information content (AvgIpc) is 3.02. The van der Waals surface area contributed by atoms with Crippen molar-refractivity contribution >= 4 is 11.9 Å². The van der Waals surface area contributed by atoms with Gasteiger partial charge in [0.1, 0.15) is 0 Å². The Labute approximate surface area is 134 Å². The molecule has 0 aliphatic carbocycles. The molecule has 0 bridgehead atoms. The van der Waals surface area contributed by atoms with Crippen LogP contribution in [0.2, 0.25) is 0 Å². The van der Waals surface area contributed by atoms with Gasteiger partial charge in [0.15, 0.2) is 5.96 Å². The van der Waals surface area contributed by atoms with Crippen LogP contribution in [-0.4, -0.2) is 64.3 Å². The number of guanidine groups is 1. The minimum Gasteiger partial charge on any atom is -0.469 e. The predicted molar refractivity (Wildman–Crippen MR) is 88.0 cm³/mol. The molecule has 1 fully saturated rings. The first-order valence-corrected chi connectivity index (χ1v) is 8.23. The minimum absolute atomic E-state index is 0.115. The van der Waals surface area contributed by atoms with E-state index in [-0.39, 0.29) is 5.97 Å². The Kier molecular flexibility index (Phi) is 9.62. The number of carbonyl (C=O) groups excluding carboxylic acids is 1. The molecule has 0 amide bonds. The Morgan fingerprint density at radius 2 is 2.14 bits per heavy atom. The molecule has 1 aliphatic rings. The topological polar surface area (TPSA) is 63.2 Å². The molecule has 6 heteroatoms. The van der Waals surface area contributed by atoms with E-state index in [0.717, 1.165) is 64.4 Å². The molecule has 0 aromatic carbocycles. The SMILES string of the molecule is CN=C(NCCCCCCC(=O)OC)N(C)CC1CCOC1. The number of aliphatic imine (C=N–C) groups is 1. The monoisotopic (exact) mass is 313 g/mol. The van der Waals surface area contributed by atoms with Gasteiger partial charge in [0.25, 0.3) is 0 Å². The fraction of sp³-hybridized carbons (Fsp3) is 0.875. The van der Waals surface area contributed by atoms with E-state index in [1.807, 2.05) is 7.05 Å². The number of carbonyl (C=O) groups is 1. The molecule has 1 unspecified atom stereocenters. The molecule has 0 aromatic rings. The number of methoxy groups -OCH3 is 1. The second-order valence-corrected chi connectivity index (χ2v) is 5.82. The summed E-state index contributed by atoms with van der Waals surface area (Å²) in [6, 6.07) is 0. The Hall–Kier alpha value is -1.30. The summed E-state index contributed by atoms with van der Waals surface area (Å²) in [5, 5.41) is 3.40. The fourth-order valence-corrected chi connectivity index (χ4v) is 2.64. The van der Waals surface area contributed by atoms with Gasteiger partial charge in [-0.05, 0) is 19.3 Å². The van der Waals surface area contributed by atoms with Gasteiger partial charge < -0.3 is 19.7 Å². The molecule has 0 spiro atoms. The van der Waals surface area contributed by atoms with Gasteiger partial charge in [-0.2, -0.15) is 0 Å². The van der Waals surface area contributed by atoms with Crippen molar-refractivity contribution in [3.8, 4) is 0 Å². The van der Waals surface area contributed by atoms with Crippen LogP contribution in [0.3, 0.4) is 0 Å². The third-order valence-electron chi connectivity index (χ3n) is 3.95. The van der Waals surface area contributed by atoms with Crippen LogP contribution in [0.5, 0.6) is 0 Å². The van der Waals surface area contributed by atoms with E-state index in [9.17, 15) is 4.79 Å². The largest absolute Gasteiger partial charge is 0.469 e. The number of esters is 1. The van der Waals surface area contributed by atoms with E-state index in [1.54, 1.807) is 0 Å². The maximum Gasteiger partial charge on any atom is 0.305 e. The van der Waals surface area contributed by atoms with Crippen molar-refractivity contribution in [3.05, 3.63) is 0 Å². The molecule has 0 radical (unpaired) electrons. The lowest BCUT2D eigenvalue weighted by Crippen LogP contribution is -2.41. The highest BCUT2D eigenvalue weighted by atomic mass is 16.5. The summed E-state index contributed by atoms with van der Waals surface area (Å²) in [6.45, 7) is 3.65. The van der Waals surface area contributed by atoms with Gasteiger partial charge in [0.2, 0.25) is 0 Å². The molecular formula is C16H31N3O3. The van der Waals surface area contributed by atoms with Crippen LogP contribution in [0.1, 0.15) is 38.5 Å². The Morgan fingerprint density at radius 3 is 2.77 bits per heavy atom. The quantitative estimate of drug-likeness (QED) is 0.303. The summed E-state index contributed by atoms with van der Waals surface area (Å²) in [5.74, 6) is 1.44. The summed E-state index contributed by atoms with van der Waals surface area (Å²) >= 11 is 0. The molecule has 1 rings (SSSR count). The molecule has 1 aliphatic heterocycles. The zero-order chi connectivity index (χ0) is 16.2. The predicted octanol–water partition coefficient (Wildman–Crippen LogP) is 1.65. The number of hydrogen-bond donors (Lipinski definition) is 1. The van der Waals surface area contributed by atoms with Crippen molar-refractivity contribution in [2.45, 2.75) is 38.5 Å². The van der Waals surface area contributed by atoms with Gasteiger partial charge in [0, 0.05) is 46.1 Å². The highest BCUT2D eigenvalue weighted by molar-refractivity contribution is 5.79. The zero-order valence-electron chi connectivity index (χ0n) is 14.3. The number of nitrogens with zero attached hydrogens (tertiary/aromatic N) is 2. The van der Waals surface area contributed by atoms with E-state index in [1.165, 1.54) is 7.11 Å². The van der Waals surface area contributed by atoms with Gasteiger partial charge in [0.05, 0.1) is 13.7 Å². The van der Waals surface area contributed by atoms with Crippen LogP contribution in [0.25, 0.3) is 0 Å². The average molecular weight is 313 g/mol. The van der Waals surface area contributed by atoms with Crippen LogP contribution in [0, 0.1) is 5.92 Å². The van der Waals surface area contributed by atoms with Crippen LogP contribution in [0.4, 0.5) is 0 Å². The van der Waals surface area contributed by atoms with E-state index in [0.29, 0.717) is 12.3 Å². The molecule has 128 valence electrons. The summed E-state index contributed by atoms with van der Waals surface area (Å²) < 4.78 is 10.0. The molecule has 6 nitrogen and oxygen atoms in total. The lowest BCUT2D eigenvalue weighted by atomic mass is 10.1. The number of hydrogen-bond acceptors (Lipinski definition) is 4. The second kappa shape index (κ2) is 11.3. The van der Waals surface area contributed by atoms with Gasteiger partial charge >= 0.3 is 5.97 Å². The van der Waals surface area contributed by atoms with E-state index in [4.69, 9.17) is 4.74 Å². The maximum atomic E-state index is 11.0. The van der Waals surface area contributed by atoms with Crippen LogP contribution < -0.4 is 5.32 Å². The number of rotatable bonds is 9. The Bertz CT molecular complexity index is 342. The highest BCUT2D eigenvalue weighted by Gasteiger charge is 2.18. The summed E-state index contributed by atoms with van der Waals surface area (Å²) in [7, 11) is 5.33. The van der Waals surface area contributed by atoms with E-state index < -0.39 is 0 Å². The third-order valence-corrected chi connectivity index (χ3v) is 3.95. The molecule has 0 aromatic heterocycles. The Balaban J connectivity index is 2.07. The lowest BCUT2D eigenvalue weighted by Gasteiger charge is -2.24. The van der Waals surface area contributed by atoms with E-state index >= 15 is 0 Å². The van der Waals surface area contributed by atoms with Crippen molar-refractivity contribution in [2.24, 2.45) is 10.9 Å². The summed E-state index contributed by atoms with van der Waals surface area (Å²) in [5.41, 5.74) is 0. The first-order chi connectivity index (χ1) is 10.7. The smallest absolute Gasteiger partial charge is 0.305 e. The highest BCUT2D eigenvalue weighted by Crippen LogP contribution is 2.13. The lowest BCUT2D eigenvalue weighted by molar-refractivity contribution is -0.140. The van der Waals surface area contributed by atoms with Gasteiger partial charge in [-0.15, -0.1) is 0 Å². The summed E-state index contributed by atoms with van der Waals surface area (Å²) in [4.78, 5) is 17.5. The number of unbranched alkanes of at least 4 members (excludes halogenated alkanes) is 3. The van der Waals surface area contributed by atoms with Crippen molar-refractivity contribution in [1.82, 2.24) is 10.2 Å². The standard InChI is InChI=1S/C16H31N3O3/c1-17-16(19(2)12-14-9-11-22-13-14)18-10-7-5-4-6-8-15(20)21-3/h14H,4-13H2,1-3H3,(H,17,18). The number of ether oxygens (including phenoxy) is 2. The van der Waals surface area contributed by atoms with Crippen molar-refractivity contribution in [2.75, 3.05) is 47.5 Å². The molecule has 0 saturated carbocycles. The van der Waals surface area contributed by atoms with Crippen molar-refractivity contribution in [3.63, 3.8) is 0 Å².